The summed E-state index contributed by atoms with van der Waals surface area (Å²) in [5.74, 6) is 0.452. The Morgan fingerprint density at radius 2 is 1.78 bits per heavy atom. The van der Waals surface area contributed by atoms with Gasteiger partial charge in [0.25, 0.3) is 5.91 Å². The van der Waals surface area contributed by atoms with Crippen molar-refractivity contribution in [3.8, 4) is 11.4 Å². The summed E-state index contributed by atoms with van der Waals surface area (Å²) in [5.41, 5.74) is 3.08. The minimum Gasteiger partial charge on any atom is -0.444 e. The zero-order valence-corrected chi connectivity index (χ0v) is 26.8. The third-order valence-electron chi connectivity index (χ3n) is 7.94. The predicted molar refractivity (Wildman–Crippen MR) is 171 cm³/mol. The Hall–Kier alpha value is -4.58. The number of piperazine rings is 1. The van der Waals surface area contributed by atoms with Gasteiger partial charge in [-0.15, -0.1) is 0 Å². The Morgan fingerprint density at radius 3 is 2.53 bits per heavy atom. The van der Waals surface area contributed by atoms with E-state index in [4.69, 9.17) is 14.7 Å². The molecule has 1 N–H and O–H groups in total. The lowest BCUT2D eigenvalue weighted by Crippen LogP contribution is -2.50. The fraction of sp³-hybridized carbons (Fsp3) is 0.364. The van der Waals surface area contributed by atoms with Crippen LogP contribution in [0.4, 0.5) is 10.6 Å². The molecule has 2 fully saturated rings. The average Bonchev–Trinajstić information content (AvgIpc) is 3.79. The predicted octanol–water partition coefficient (Wildman–Crippen LogP) is 4.53. The van der Waals surface area contributed by atoms with E-state index in [0.29, 0.717) is 35.6 Å². The Balaban J connectivity index is 1.15. The van der Waals surface area contributed by atoms with Gasteiger partial charge in [0.2, 0.25) is 0 Å². The number of aryl methyl sites for hydroxylation is 1. The molecule has 2 amide bonds. The van der Waals surface area contributed by atoms with Gasteiger partial charge in [-0.2, -0.15) is 0 Å². The lowest BCUT2D eigenvalue weighted by molar-refractivity contribution is 0.0218. The third-order valence-corrected chi connectivity index (χ3v) is 9.17. The second-order valence-corrected chi connectivity index (χ2v) is 14.6. The van der Waals surface area contributed by atoms with Gasteiger partial charge in [-0.05, 0) is 82.1 Å². The number of aromatic nitrogens is 3. The fourth-order valence-electron chi connectivity index (χ4n) is 5.65. The second-order valence-electron chi connectivity index (χ2n) is 12.6. The number of pyridine rings is 3. The highest BCUT2D eigenvalue weighted by molar-refractivity contribution is 7.90. The molecule has 1 aliphatic heterocycles. The molecule has 2 unspecified atom stereocenters. The number of hydrogen-bond acceptors (Lipinski definition) is 9. The molecule has 234 valence electrons. The van der Waals surface area contributed by atoms with E-state index in [1.54, 1.807) is 25.3 Å². The number of benzene rings is 1. The summed E-state index contributed by atoms with van der Waals surface area (Å²) in [7, 11) is -3.46. The number of carbonyl (C=O) groups excluding carboxylic acids is 2. The first-order chi connectivity index (χ1) is 21.3. The van der Waals surface area contributed by atoms with Crippen LogP contribution < -0.4 is 10.2 Å². The fourth-order valence-corrected chi connectivity index (χ4v) is 6.65. The molecule has 3 aromatic heterocycles. The van der Waals surface area contributed by atoms with Gasteiger partial charge in [-0.3, -0.25) is 9.78 Å². The quantitative estimate of drug-likeness (QED) is 0.327. The molecule has 1 saturated heterocycles. The van der Waals surface area contributed by atoms with Crippen molar-refractivity contribution >= 4 is 38.6 Å². The lowest BCUT2D eigenvalue weighted by atomic mass is 10.1. The zero-order valence-electron chi connectivity index (χ0n) is 25.9. The Morgan fingerprint density at radius 1 is 1.00 bits per heavy atom. The van der Waals surface area contributed by atoms with Crippen LogP contribution in [0.2, 0.25) is 0 Å². The average molecular weight is 629 g/mol. The summed E-state index contributed by atoms with van der Waals surface area (Å²) < 4.78 is 29.8. The molecule has 6 rings (SSSR count). The maximum atomic E-state index is 12.8. The highest BCUT2D eigenvalue weighted by Gasteiger charge is 2.52. The van der Waals surface area contributed by atoms with Crippen molar-refractivity contribution in [3.05, 3.63) is 77.6 Å². The van der Waals surface area contributed by atoms with Crippen LogP contribution >= 0.6 is 0 Å². The van der Waals surface area contributed by atoms with Crippen LogP contribution in [0.1, 0.15) is 48.8 Å². The van der Waals surface area contributed by atoms with E-state index in [9.17, 15) is 18.0 Å². The summed E-state index contributed by atoms with van der Waals surface area (Å²) >= 11 is 0. The highest BCUT2D eigenvalue weighted by atomic mass is 32.2. The molecule has 12 heteroatoms. The van der Waals surface area contributed by atoms with Gasteiger partial charge in [0.1, 0.15) is 11.4 Å². The monoisotopic (exact) mass is 628 g/mol. The maximum Gasteiger partial charge on any atom is 0.410 e. The summed E-state index contributed by atoms with van der Waals surface area (Å²) in [6, 6.07) is 16.5. The van der Waals surface area contributed by atoms with Gasteiger partial charge in [-0.1, -0.05) is 12.1 Å². The van der Waals surface area contributed by atoms with Crippen LogP contribution in [0.25, 0.3) is 22.3 Å². The number of anilines is 1. The van der Waals surface area contributed by atoms with Gasteiger partial charge in [0.15, 0.2) is 9.84 Å². The van der Waals surface area contributed by atoms with Gasteiger partial charge >= 0.3 is 6.09 Å². The van der Waals surface area contributed by atoms with E-state index in [1.165, 1.54) is 6.07 Å². The van der Waals surface area contributed by atoms with E-state index in [1.807, 2.05) is 62.1 Å². The first-order valence-corrected chi connectivity index (χ1v) is 16.7. The summed E-state index contributed by atoms with van der Waals surface area (Å²) in [4.78, 5) is 44.0. The SMILES string of the molecule is Cc1ccc(C(=O)NCc2cc3nc(-c4cccc(N5CCN(C(=O)OC(C)(C)C)C6CC65)n4)ccc3cn2)cc1S(C)(=O)=O. The molecule has 1 saturated carbocycles. The Labute approximate surface area is 262 Å². The first kappa shape index (κ1) is 30.4. The van der Waals surface area contributed by atoms with Crippen LogP contribution in [-0.2, 0) is 21.1 Å². The minimum atomic E-state index is -3.46. The molecule has 0 radical (unpaired) electrons. The van der Waals surface area contributed by atoms with E-state index >= 15 is 0 Å². The minimum absolute atomic E-state index is 0.122. The molecule has 1 aliphatic carbocycles. The van der Waals surface area contributed by atoms with Crippen molar-refractivity contribution in [1.82, 2.24) is 25.2 Å². The number of carbonyl (C=O) groups is 2. The number of nitrogens with zero attached hydrogens (tertiary/aromatic N) is 5. The summed E-state index contributed by atoms with van der Waals surface area (Å²) in [6.45, 7) is 8.72. The van der Waals surface area contributed by atoms with Crippen molar-refractivity contribution in [2.24, 2.45) is 0 Å². The standard InChI is InChI=1S/C33H36N6O5S/c1-20-9-10-21(15-29(20)45(5,42)43)31(40)35-19-23-16-26-22(18-34-23)11-12-25(36-26)24-7-6-8-30(37-24)38-13-14-39(28-17-27(28)38)32(41)44-33(2,3)4/h6-12,15-16,18,27-28H,13-14,17,19H2,1-5H3,(H,35,40). The van der Waals surface area contributed by atoms with E-state index in [2.05, 4.69) is 15.2 Å². The molecule has 2 aliphatic rings. The van der Waals surface area contributed by atoms with Gasteiger partial charge < -0.3 is 19.9 Å². The highest BCUT2D eigenvalue weighted by Crippen LogP contribution is 2.40. The number of nitrogens with one attached hydrogen (secondary N) is 1. The zero-order chi connectivity index (χ0) is 32.1. The van der Waals surface area contributed by atoms with Gasteiger partial charge in [-0.25, -0.2) is 23.2 Å². The lowest BCUT2D eigenvalue weighted by Gasteiger charge is -2.35. The molecule has 11 nitrogen and oxygen atoms in total. The van der Waals surface area contributed by atoms with Crippen molar-refractivity contribution in [2.45, 2.75) is 63.2 Å². The maximum absolute atomic E-state index is 12.8. The van der Waals surface area contributed by atoms with Crippen molar-refractivity contribution < 1.29 is 22.7 Å². The topological polar surface area (TPSA) is 135 Å². The van der Waals surface area contributed by atoms with Crippen LogP contribution in [-0.4, -0.2) is 77.3 Å². The second kappa shape index (κ2) is 11.4. The van der Waals surface area contributed by atoms with Crippen LogP contribution in [0, 0.1) is 6.92 Å². The summed E-state index contributed by atoms with van der Waals surface area (Å²) in [6.07, 6.45) is 3.46. The largest absolute Gasteiger partial charge is 0.444 e. The van der Waals surface area contributed by atoms with Crippen molar-refractivity contribution in [1.29, 1.82) is 0 Å². The first-order valence-electron chi connectivity index (χ1n) is 14.9. The smallest absolute Gasteiger partial charge is 0.410 e. The molecule has 45 heavy (non-hydrogen) atoms. The molecular weight excluding hydrogens is 592 g/mol. The van der Waals surface area contributed by atoms with Gasteiger partial charge in [0.05, 0.1) is 46.1 Å². The molecule has 2 atom stereocenters. The Bertz CT molecular complexity index is 1920. The normalized spacial score (nSPS) is 18.0. The van der Waals surface area contributed by atoms with Gasteiger partial charge in [0, 0.05) is 36.5 Å². The summed E-state index contributed by atoms with van der Waals surface area (Å²) in [5, 5.41) is 3.67. The molecular formula is C33H36N6O5S. The molecule has 4 aromatic rings. The molecule has 4 heterocycles. The molecule has 1 aromatic carbocycles. The molecule has 0 spiro atoms. The van der Waals surface area contributed by atoms with E-state index < -0.39 is 21.3 Å². The van der Waals surface area contributed by atoms with Crippen molar-refractivity contribution in [3.63, 3.8) is 0 Å². The van der Waals surface area contributed by atoms with Crippen LogP contribution in [0.5, 0.6) is 0 Å². The van der Waals surface area contributed by atoms with Crippen LogP contribution in [0.3, 0.4) is 0 Å². The number of sulfone groups is 1. The number of fused-ring (bicyclic) bond motifs is 2. The number of hydrogen-bond donors (Lipinski definition) is 1. The Kier molecular flexibility index (Phi) is 7.72. The van der Waals surface area contributed by atoms with Crippen molar-refractivity contribution in [2.75, 3.05) is 24.2 Å². The number of amides is 2. The number of ether oxygens (including phenoxy) is 1. The third kappa shape index (κ3) is 6.60. The number of rotatable bonds is 6. The van der Waals surface area contributed by atoms with Crippen LogP contribution in [0.15, 0.2) is 65.7 Å². The van der Waals surface area contributed by atoms with E-state index in [-0.39, 0.29) is 35.2 Å². The van der Waals surface area contributed by atoms with E-state index in [0.717, 1.165) is 29.6 Å². The molecule has 0 bridgehead atoms.